The number of amides is 1. The molecule has 2 fully saturated rings. The number of hydrogen-bond donors (Lipinski definition) is 0. The monoisotopic (exact) mass is 345 g/mol. The highest BCUT2D eigenvalue weighted by atomic mass is 19.1. The molecule has 0 radical (unpaired) electrons. The summed E-state index contributed by atoms with van der Waals surface area (Å²) >= 11 is 0. The molecule has 1 aromatic heterocycles. The fraction of sp³-hybridized carbons (Fsp3) is 0.500. The van der Waals surface area contributed by atoms with E-state index in [1.54, 1.807) is 12.1 Å². The molecule has 7 heteroatoms. The number of likely N-dealkylation sites (tertiary alicyclic amines) is 1. The first-order valence-corrected chi connectivity index (χ1v) is 8.66. The Morgan fingerprint density at radius 2 is 2.12 bits per heavy atom. The summed E-state index contributed by atoms with van der Waals surface area (Å²) in [6, 6.07) is 6.09. The van der Waals surface area contributed by atoms with Crippen LogP contribution in [0.25, 0.3) is 0 Å². The van der Waals surface area contributed by atoms with Crippen LogP contribution in [-0.4, -0.2) is 40.7 Å². The average molecular weight is 345 g/mol. The number of halogens is 1. The lowest BCUT2D eigenvalue weighted by Crippen LogP contribution is -2.36. The van der Waals surface area contributed by atoms with E-state index in [-0.39, 0.29) is 23.7 Å². The van der Waals surface area contributed by atoms with Gasteiger partial charge in [-0.15, -0.1) is 0 Å². The van der Waals surface area contributed by atoms with Gasteiger partial charge in [-0.05, 0) is 37.0 Å². The van der Waals surface area contributed by atoms with Crippen molar-refractivity contribution < 1.29 is 18.4 Å². The second-order valence-corrected chi connectivity index (χ2v) is 6.60. The standard InChI is InChI=1S/C18H20FN3O3/c19-14-5-3-12(4-6-14)10-16-20-17(25-21-16)15-2-1-8-22(15)18(23)13-7-9-24-11-13/h3-6,13,15H,1-2,7-11H2. The summed E-state index contributed by atoms with van der Waals surface area (Å²) in [7, 11) is 0. The van der Waals surface area contributed by atoms with Gasteiger partial charge in [0, 0.05) is 19.6 Å². The van der Waals surface area contributed by atoms with Gasteiger partial charge in [0.05, 0.1) is 12.5 Å². The molecule has 2 aliphatic rings. The van der Waals surface area contributed by atoms with Crippen LogP contribution in [0.15, 0.2) is 28.8 Å². The van der Waals surface area contributed by atoms with Gasteiger partial charge in [0.2, 0.25) is 11.8 Å². The van der Waals surface area contributed by atoms with Crippen LogP contribution in [0.4, 0.5) is 4.39 Å². The molecule has 25 heavy (non-hydrogen) atoms. The van der Waals surface area contributed by atoms with Crippen molar-refractivity contribution in [1.29, 1.82) is 0 Å². The summed E-state index contributed by atoms with van der Waals surface area (Å²) in [5, 5.41) is 4.03. The minimum absolute atomic E-state index is 0.0535. The molecule has 1 aromatic carbocycles. The molecule has 2 unspecified atom stereocenters. The van der Waals surface area contributed by atoms with Crippen LogP contribution in [-0.2, 0) is 16.0 Å². The molecule has 2 aromatic rings. The Morgan fingerprint density at radius 1 is 1.28 bits per heavy atom. The highest BCUT2D eigenvalue weighted by molar-refractivity contribution is 5.79. The Morgan fingerprint density at radius 3 is 2.88 bits per heavy atom. The molecule has 6 nitrogen and oxygen atoms in total. The van der Waals surface area contributed by atoms with Crippen LogP contribution in [0.5, 0.6) is 0 Å². The molecule has 0 spiro atoms. The van der Waals surface area contributed by atoms with Crippen LogP contribution >= 0.6 is 0 Å². The first-order chi connectivity index (χ1) is 12.2. The van der Waals surface area contributed by atoms with E-state index < -0.39 is 0 Å². The lowest BCUT2D eigenvalue weighted by atomic mass is 10.1. The van der Waals surface area contributed by atoms with Crippen LogP contribution in [0.2, 0.25) is 0 Å². The quantitative estimate of drug-likeness (QED) is 0.852. The van der Waals surface area contributed by atoms with Crippen molar-refractivity contribution in [2.75, 3.05) is 19.8 Å². The third-order valence-electron chi connectivity index (χ3n) is 4.86. The van der Waals surface area contributed by atoms with E-state index in [2.05, 4.69) is 10.1 Å². The van der Waals surface area contributed by atoms with Gasteiger partial charge in [-0.2, -0.15) is 4.98 Å². The molecule has 2 saturated heterocycles. The third-order valence-corrected chi connectivity index (χ3v) is 4.86. The molecular formula is C18H20FN3O3. The molecule has 0 aliphatic carbocycles. The summed E-state index contributed by atoms with van der Waals surface area (Å²) in [6.07, 6.45) is 3.01. The maximum Gasteiger partial charge on any atom is 0.249 e. The summed E-state index contributed by atoms with van der Waals surface area (Å²) in [5.41, 5.74) is 0.913. The molecule has 2 atom stereocenters. The normalized spacial score (nSPS) is 23.3. The van der Waals surface area contributed by atoms with Crippen molar-refractivity contribution in [3.8, 4) is 0 Å². The smallest absolute Gasteiger partial charge is 0.249 e. The Kier molecular flexibility index (Phi) is 4.48. The second-order valence-electron chi connectivity index (χ2n) is 6.60. The largest absolute Gasteiger partial charge is 0.381 e. The van der Waals surface area contributed by atoms with Gasteiger partial charge in [0.15, 0.2) is 5.82 Å². The number of ether oxygens (including phenoxy) is 1. The van der Waals surface area contributed by atoms with Gasteiger partial charge >= 0.3 is 0 Å². The van der Waals surface area contributed by atoms with E-state index in [1.165, 1.54) is 12.1 Å². The van der Waals surface area contributed by atoms with Gasteiger partial charge in [-0.3, -0.25) is 4.79 Å². The number of aromatic nitrogens is 2. The lowest BCUT2D eigenvalue weighted by Gasteiger charge is -2.24. The SMILES string of the molecule is O=C(C1CCOC1)N1CCCC1c1nc(Cc2ccc(F)cc2)no1. The summed E-state index contributed by atoms with van der Waals surface area (Å²) in [5.74, 6) is 0.834. The van der Waals surface area contributed by atoms with Crippen molar-refractivity contribution in [2.45, 2.75) is 31.7 Å². The topological polar surface area (TPSA) is 68.5 Å². The second kappa shape index (κ2) is 6.92. The summed E-state index contributed by atoms with van der Waals surface area (Å²) in [6.45, 7) is 1.87. The molecule has 0 N–H and O–H groups in total. The van der Waals surface area contributed by atoms with E-state index in [1.807, 2.05) is 4.90 Å². The molecule has 0 bridgehead atoms. The minimum Gasteiger partial charge on any atom is -0.381 e. The zero-order valence-corrected chi connectivity index (χ0v) is 13.9. The van der Waals surface area contributed by atoms with Crippen molar-refractivity contribution in [3.63, 3.8) is 0 Å². The predicted octanol–water partition coefficient (Wildman–Crippen LogP) is 2.50. The predicted molar refractivity (Wildman–Crippen MR) is 86.1 cm³/mol. The zero-order valence-electron chi connectivity index (χ0n) is 13.9. The fourth-order valence-electron chi connectivity index (χ4n) is 3.51. The van der Waals surface area contributed by atoms with Crippen molar-refractivity contribution in [2.24, 2.45) is 5.92 Å². The van der Waals surface area contributed by atoms with Crippen molar-refractivity contribution in [3.05, 3.63) is 47.4 Å². The van der Waals surface area contributed by atoms with Gasteiger partial charge in [-0.1, -0.05) is 17.3 Å². The van der Waals surface area contributed by atoms with E-state index in [0.29, 0.717) is 31.3 Å². The van der Waals surface area contributed by atoms with Gasteiger partial charge in [0.1, 0.15) is 11.9 Å². The number of rotatable bonds is 4. The minimum atomic E-state index is -0.270. The highest BCUT2D eigenvalue weighted by Crippen LogP contribution is 2.33. The number of nitrogens with zero attached hydrogens (tertiary/aromatic N) is 3. The number of carbonyl (C=O) groups excluding carboxylic acids is 1. The van der Waals surface area contributed by atoms with Crippen molar-refractivity contribution in [1.82, 2.24) is 15.0 Å². The summed E-state index contributed by atoms with van der Waals surface area (Å²) in [4.78, 5) is 19.0. The van der Waals surface area contributed by atoms with Gasteiger partial charge in [-0.25, -0.2) is 4.39 Å². The molecular weight excluding hydrogens is 325 g/mol. The van der Waals surface area contributed by atoms with Gasteiger partial charge < -0.3 is 14.2 Å². The molecule has 132 valence electrons. The Hall–Kier alpha value is -2.28. The van der Waals surface area contributed by atoms with E-state index in [9.17, 15) is 9.18 Å². The van der Waals surface area contributed by atoms with E-state index >= 15 is 0 Å². The fourth-order valence-corrected chi connectivity index (χ4v) is 3.51. The summed E-state index contributed by atoms with van der Waals surface area (Å²) < 4.78 is 23.7. The maximum atomic E-state index is 13.0. The average Bonchev–Trinajstić information content (AvgIpc) is 3.37. The van der Waals surface area contributed by atoms with E-state index in [0.717, 1.165) is 31.4 Å². The molecule has 4 rings (SSSR count). The van der Waals surface area contributed by atoms with Crippen LogP contribution in [0, 0.1) is 11.7 Å². The number of hydrogen-bond acceptors (Lipinski definition) is 5. The third kappa shape index (κ3) is 3.42. The van der Waals surface area contributed by atoms with E-state index in [4.69, 9.17) is 9.26 Å². The van der Waals surface area contributed by atoms with Gasteiger partial charge in [0.25, 0.3) is 0 Å². The Balaban J connectivity index is 1.46. The first-order valence-electron chi connectivity index (χ1n) is 8.66. The maximum absolute atomic E-state index is 13.0. The zero-order chi connectivity index (χ0) is 17.2. The first kappa shape index (κ1) is 16.2. The van der Waals surface area contributed by atoms with Crippen LogP contribution in [0.3, 0.4) is 0 Å². The number of benzene rings is 1. The number of carbonyl (C=O) groups is 1. The lowest BCUT2D eigenvalue weighted by molar-refractivity contribution is -0.136. The van der Waals surface area contributed by atoms with Crippen molar-refractivity contribution >= 4 is 5.91 Å². The molecule has 2 aliphatic heterocycles. The molecule has 0 saturated carbocycles. The van der Waals surface area contributed by atoms with Crippen LogP contribution < -0.4 is 0 Å². The van der Waals surface area contributed by atoms with Crippen LogP contribution in [0.1, 0.15) is 42.6 Å². The Bertz CT molecular complexity index is 740. The highest BCUT2D eigenvalue weighted by Gasteiger charge is 2.38. The molecule has 1 amide bonds. The Labute approximate surface area is 145 Å². The molecule has 3 heterocycles.